The summed E-state index contributed by atoms with van der Waals surface area (Å²) < 4.78 is 158. The first kappa shape index (κ1) is 42.8. The highest BCUT2D eigenvalue weighted by atomic mass is 35.5. The summed E-state index contributed by atoms with van der Waals surface area (Å²) in [5.74, 6) is -25.0. The zero-order valence-corrected chi connectivity index (χ0v) is 30.3. The molecule has 0 aromatic heterocycles. The van der Waals surface area contributed by atoms with Gasteiger partial charge < -0.3 is 14.9 Å². The van der Waals surface area contributed by atoms with E-state index in [1.807, 2.05) is 0 Å². The Balaban J connectivity index is 1.73. The van der Waals surface area contributed by atoms with Crippen LogP contribution in [0, 0.1) is 101 Å². The summed E-state index contributed by atoms with van der Waals surface area (Å²) in [4.78, 5) is 9.09. The van der Waals surface area contributed by atoms with E-state index >= 15 is 17.6 Å². The molecule has 0 bridgehead atoms. The summed E-state index contributed by atoms with van der Waals surface area (Å²) in [6.45, 7) is 24.0. The number of rotatable bonds is 6. The fourth-order valence-corrected chi connectivity index (χ4v) is 6.92. The van der Waals surface area contributed by atoms with Crippen LogP contribution in [0.5, 0.6) is 0 Å². The van der Waals surface area contributed by atoms with Crippen molar-refractivity contribution in [1.82, 2.24) is 0 Å². The van der Waals surface area contributed by atoms with Crippen molar-refractivity contribution in [3.8, 4) is 12.1 Å². The van der Waals surface area contributed by atoms with E-state index in [1.54, 1.807) is 6.07 Å². The molecule has 1 aliphatic carbocycles. The maximum Gasteiger partial charge on any atom is 0.550 e. The molecular weight excluding hydrogens is 822 g/mol. The zero-order valence-electron chi connectivity index (χ0n) is 29.6. The first-order valence-electron chi connectivity index (χ1n) is 16.2. The highest BCUT2D eigenvalue weighted by molar-refractivity contribution is 6.32. The van der Waals surface area contributed by atoms with Crippen LogP contribution in [-0.4, -0.2) is 5.87 Å². The third-order valence-corrected chi connectivity index (χ3v) is 9.91. The Kier molecular flexibility index (Phi) is 11.6. The lowest BCUT2D eigenvalue weighted by Gasteiger charge is -2.29. The Hall–Kier alpha value is -7.29. The molecule has 19 heteroatoms. The minimum absolute atomic E-state index is 0.111. The van der Waals surface area contributed by atoms with Gasteiger partial charge in [-0.15, -0.1) is 0 Å². The van der Waals surface area contributed by atoms with Crippen molar-refractivity contribution in [1.29, 1.82) is 10.5 Å². The summed E-state index contributed by atoms with van der Waals surface area (Å²) >= 11 is 6.72. The van der Waals surface area contributed by atoms with Gasteiger partial charge in [0, 0.05) is 16.2 Å². The summed E-state index contributed by atoms with van der Waals surface area (Å²) in [6, 6.07) is 3.04. The smallest absolute Gasteiger partial charge is 0.550 e. The van der Waals surface area contributed by atoms with E-state index < -0.39 is 126 Å². The third kappa shape index (κ3) is 6.63. The summed E-state index contributed by atoms with van der Waals surface area (Å²) in [5.41, 5.74) is -11.7. The molecule has 3 aliphatic rings. The van der Waals surface area contributed by atoms with Gasteiger partial charge >= 0.3 is 5.82 Å². The largest absolute Gasteiger partial charge is 0.762 e. The van der Waals surface area contributed by atoms with Gasteiger partial charge in [0.1, 0.15) is 42.0 Å². The van der Waals surface area contributed by atoms with Crippen LogP contribution >= 0.6 is 11.6 Å². The number of nitrogens with zero attached hydrogens (tertiary/aromatic N) is 6. The van der Waals surface area contributed by atoms with E-state index in [-0.39, 0.29) is 35.4 Å². The molecule has 0 amide bonds. The van der Waals surface area contributed by atoms with Gasteiger partial charge in [-0.05, 0) is 44.3 Å². The number of hydrogen-bond donors (Lipinski definition) is 0. The fourth-order valence-electron chi connectivity index (χ4n) is 6.60. The van der Waals surface area contributed by atoms with Crippen molar-refractivity contribution in [2.24, 2.45) is 0 Å². The second-order valence-corrected chi connectivity index (χ2v) is 13.0. The molecular formula is C40H16ClF10N6O2-. The summed E-state index contributed by atoms with van der Waals surface area (Å²) in [6.07, 6.45) is 4.76. The monoisotopic (exact) mass is 837 g/mol. The minimum Gasteiger partial charge on any atom is -0.762 e. The Morgan fingerprint density at radius 1 is 0.746 bits per heavy atom. The van der Waals surface area contributed by atoms with Gasteiger partial charge in [-0.25, -0.2) is 54.6 Å². The van der Waals surface area contributed by atoms with Gasteiger partial charge in [-0.2, -0.15) is 20.2 Å². The molecule has 5 rings (SSSR count). The normalized spacial score (nSPS) is 21.5. The van der Waals surface area contributed by atoms with Crippen LogP contribution in [0.3, 0.4) is 0 Å². The summed E-state index contributed by atoms with van der Waals surface area (Å²) in [7, 11) is 0. The molecule has 8 nitrogen and oxygen atoms in total. The first-order valence-corrected chi connectivity index (χ1v) is 16.6. The van der Waals surface area contributed by atoms with Crippen molar-refractivity contribution in [3.05, 3.63) is 195 Å². The topological polar surface area (TPSA) is 101 Å². The second kappa shape index (κ2) is 15.9. The predicted molar refractivity (Wildman–Crippen MR) is 185 cm³/mol. The number of benzene rings is 2. The molecule has 0 saturated heterocycles. The Labute approximate surface area is 332 Å². The SMILES string of the molecule is [C-]#[N+]C([N+]#[C-])=C1OC(C)(c2c(F)c(F)c(F)c(F)c2F)C(/C=C/C2=C(Cl)C(=C/C=C3/C(C#N)=C(C(=C=[N-])C#N)OC3(C)c3c(F)c(F)c(F)c(F)c3F)/CCC2)=C1[N+]#[C-]. The Bertz CT molecular complexity index is 2740. The van der Waals surface area contributed by atoms with Crippen molar-refractivity contribution in [2.45, 2.75) is 44.3 Å². The van der Waals surface area contributed by atoms with Gasteiger partial charge in [0.05, 0.1) is 17.7 Å². The molecule has 59 heavy (non-hydrogen) atoms. The van der Waals surface area contributed by atoms with Gasteiger partial charge in [0.2, 0.25) is 23.1 Å². The highest BCUT2D eigenvalue weighted by Crippen LogP contribution is 2.52. The number of ether oxygens (including phenoxy) is 2. The second-order valence-electron chi connectivity index (χ2n) is 12.6. The lowest BCUT2D eigenvalue weighted by Crippen LogP contribution is -2.29. The van der Waals surface area contributed by atoms with Crippen LogP contribution < -0.4 is 0 Å². The number of allylic oxidation sites excluding steroid dienone is 7. The number of halogens is 11. The fraction of sp³-hybridized carbons (Fsp3) is 0.175. The molecule has 0 fully saturated rings. The van der Waals surface area contributed by atoms with Crippen LogP contribution in [0.1, 0.15) is 44.2 Å². The molecule has 2 aromatic rings. The molecule has 0 saturated carbocycles. The zero-order chi connectivity index (χ0) is 43.9. The van der Waals surface area contributed by atoms with E-state index in [2.05, 4.69) is 14.5 Å². The molecule has 0 N–H and O–H groups in total. The average Bonchev–Trinajstić information content (AvgIpc) is 3.67. The van der Waals surface area contributed by atoms with Crippen LogP contribution in [0.4, 0.5) is 43.9 Å². The number of nitriles is 2. The van der Waals surface area contributed by atoms with E-state index in [4.69, 9.17) is 40.8 Å². The quantitative estimate of drug-likeness (QED) is 0.0722. The molecule has 2 atom stereocenters. The van der Waals surface area contributed by atoms with Crippen molar-refractivity contribution >= 4 is 17.5 Å². The average molecular weight is 838 g/mol. The lowest BCUT2D eigenvalue weighted by atomic mass is 9.83. The van der Waals surface area contributed by atoms with E-state index in [1.165, 1.54) is 18.0 Å². The Morgan fingerprint density at radius 2 is 1.25 bits per heavy atom. The molecule has 2 aliphatic heterocycles. The Morgan fingerprint density at radius 3 is 1.71 bits per heavy atom. The summed E-state index contributed by atoms with van der Waals surface area (Å²) in [5, 5.41) is 28.9. The molecule has 0 radical (unpaired) electrons. The van der Waals surface area contributed by atoms with Crippen molar-refractivity contribution in [2.75, 3.05) is 0 Å². The van der Waals surface area contributed by atoms with E-state index in [9.17, 15) is 42.3 Å². The standard InChI is InChI=1S/C40H16ClF10N6O2/c1-39(22-25(42)29(46)33(50)30(47)26(22)43)20(19(15-54)36(58-39)18(13-52)14-53)11-9-16-7-6-8-17(24(16)41)10-12-21-35(55-3)37(38(56-4)57-5)59-40(21,2)23-27(44)31(48)34(51)32(49)28(23)45/h9-12H,6-8H2,1-2H3/q-1/b12-10+,16-9+,20-11-. The van der Waals surface area contributed by atoms with E-state index in [0.717, 1.165) is 32.1 Å². The van der Waals surface area contributed by atoms with Gasteiger partial charge in [0.15, 0.2) is 57.9 Å². The van der Waals surface area contributed by atoms with Crippen LogP contribution in [0.2, 0.25) is 0 Å². The molecule has 2 unspecified atom stereocenters. The maximum atomic E-state index is 15.3. The van der Waals surface area contributed by atoms with Gasteiger partial charge in [-0.1, -0.05) is 35.9 Å². The van der Waals surface area contributed by atoms with Crippen molar-refractivity contribution in [3.63, 3.8) is 0 Å². The van der Waals surface area contributed by atoms with Crippen molar-refractivity contribution < 1.29 is 53.4 Å². The lowest BCUT2D eigenvalue weighted by molar-refractivity contribution is 0.0654. The molecule has 0 spiro atoms. The first-order chi connectivity index (χ1) is 27.8. The van der Waals surface area contributed by atoms with Gasteiger partial charge in [0.25, 0.3) is 0 Å². The van der Waals surface area contributed by atoms with E-state index in [0.29, 0.717) is 0 Å². The van der Waals surface area contributed by atoms with Crippen LogP contribution in [-0.2, 0) is 20.7 Å². The minimum atomic E-state index is -2.74. The van der Waals surface area contributed by atoms with Crippen LogP contribution in [0.15, 0.2) is 85.8 Å². The predicted octanol–water partition coefficient (Wildman–Crippen LogP) is 11.0. The molecule has 296 valence electrons. The highest BCUT2D eigenvalue weighted by Gasteiger charge is 2.51. The molecule has 2 heterocycles. The van der Waals surface area contributed by atoms with Gasteiger partial charge in [-0.3, -0.25) is 0 Å². The number of hydrogen-bond acceptors (Lipinski definition) is 4. The maximum absolute atomic E-state index is 15.3. The molecule has 2 aromatic carbocycles. The van der Waals surface area contributed by atoms with Crippen LogP contribution in [0.25, 0.3) is 19.9 Å². The third-order valence-electron chi connectivity index (χ3n) is 9.43.